The lowest BCUT2D eigenvalue weighted by molar-refractivity contribution is -0.146. The molecular formula is C10H19NO4S. The zero-order chi connectivity index (χ0) is 12.2. The second-order valence-electron chi connectivity index (χ2n) is 4.34. The van der Waals surface area contributed by atoms with Gasteiger partial charge in [0.25, 0.3) is 0 Å². The van der Waals surface area contributed by atoms with Gasteiger partial charge in [0.1, 0.15) is 9.84 Å². The van der Waals surface area contributed by atoms with E-state index in [-0.39, 0.29) is 29.3 Å². The van der Waals surface area contributed by atoms with Gasteiger partial charge in [0.2, 0.25) is 0 Å². The zero-order valence-electron chi connectivity index (χ0n) is 9.57. The monoisotopic (exact) mass is 249 g/mol. The normalized spacial score (nSPS) is 22.6. The molecule has 5 nitrogen and oxygen atoms in total. The van der Waals surface area contributed by atoms with Crippen molar-refractivity contribution in [2.45, 2.75) is 26.2 Å². The van der Waals surface area contributed by atoms with Gasteiger partial charge in [-0.1, -0.05) is 0 Å². The molecule has 0 aromatic heterocycles. The van der Waals surface area contributed by atoms with E-state index in [4.69, 9.17) is 10.5 Å². The van der Waals surface area contributed by atoms with E-state index in [1.165, 1.54) is 0 Å². The van der Waals surface area contributed by atoms with Crippen molar-refractivity contribution in [3.05, 3.63) is 0 Å². The summed E-state index contributed by atoms with van der Waals surface area (Å²) >= 11 is 0. The van der Waals surface area contributed by atoms with Crippen molar-refractivity contribution in [1.82, 2.24) is 0 Å². The maximum Gasteiger partial charge on any atom is 0.306 e. The average Bonchev–Trinajstić information content (AvgIpc) is 2.22. The van der Waals surface area contributed by atoms with Gasteiger partial charge in [0.05, 0.1) is 24.5 Å². The van der Waals surface area contributed by atoms with Gasteiger partial charge in [0.15, 0.2) is 0 Å². The maximum atomic E-state index is 11.4. The summed E-state index contributed by atoms with van der Waals surface area (Å²) in [5, 5.41) is 0. The molecule has 1 aliphatic rings. The molecule has 1 saturated heterocycles. The van der Waals surface area contributed by atoms with E-state index in [1.54, 1.807) is 6.92 Å². The number of carbonyl (C=O) groups excluding carboxylic acids is 1. The van der Waals surface area contributed by atoms with Crippen LogP contribution in [0.15, 0.2) is 0 Å². The highest BCUT2D eigenvalue weighted by atomic mass is 32.2. The van der Waals surface area contributed by atoms with Crippen molar-refractivity contribution in [2.75, 3.05) is 24.7 Å². The van der Waals surface area contributed by atoms with Gasteiger partial charge in [-0.2, -0.15) is 0 Å². The second kappa shape index (κ2) is 5.14. The minimum atomic E-state index is -2.92. The number of ether oxygens (including phenoxy) is 1. The van der Waals surface area contributed by atoms with Crippen LogP contribution in [0.3, 0.4) is 0 Å². The summed E-state index contributed by atoms with van der Waals surface area (Å²) in [4.78, 5) is 11.4. The van der Waals surface area contributed by atoms with Crippen LogP contribution >= 0.6 is 0 Å². The van der Waals surface area contributed by atoms with Gasteiger partial charge >= 0.3 is 5.97 Å². The number of sulfone groups is 1. The molecule has 1 heterocycles. The van der Waals surface area contributed by atoms with Crippen molar-refractivity contribution in [3.63, 3.8) is 0 Å². The fourth-order valence-corrected chi connectivity index (χ4v) is 3.63. The molecule has 0 atom stereocenters. The Balaban J connectivity index is 2.63. The molecule has 1 fully saturated rings. The molecule has 1 aliphatic heterocycles. The minimum absolute atomic E-state index is 0.129. The van der Waals surface area contributed by atoms with E-state index in [0.717, 1.165) is 0 Å². The molecule has 0 aromatic carbocycles. The third-order valence-electron chi connectivity index (χ3n) is 3.14. The molecule has 0 saturated carbocycles. The summed E-state index contributed by atoms with van der Waals surface area (Å²) in [6.07, 6.45) is 1.15. The molecule has 0 radical (unpaired) electrons. The van der Waals surface area contributed by atoms with Crippen LogP contribution in [-0.4, -0.2) is 39.0 Å². The van der Waals surface area contributed by atoms with Crippen molar-refractivity contribution < 1.29 is 17.9 Å². The number of carbonyl (C=O) groups is 1. The van der Waals surface area contributed by atoms with Crippen LogP contribution in [0.1, 0.15) is 26.2 Å². The Bertz CT molecular complexity index is 336. The van der Waals surface area contributed by atoms with Crippen LogP contribution in [0.2, 0.25) is 0 Å². The van der Waals surface area contributed by atoms with Crippen LogP contribution in [0.5, 0.6) is 0 Å². The topological polar surface area (TPSA) is 86.5 Å². The molecule has 0 bridgehead atoms. The first-order chi connectivity index (χ1) is 7.43. The van der Waals surface area contributed by atoms with E-state index >= 15 is 0 Å². The average molecular weight is 249 g/mol. The van der Waals surface area contributed by atoms with E-state index < -0.39 is 9.84 Å². The number of esters is 1. The first kappa shape index (κ1) is 13.4. The van der Waals surface area contributed by atoms with Crippen LogP contribution < -0.4 is 5.73 Å². The number of rotatable bonds is 4. The Kier molecular flexibility index (Phi) is 4.32. The molecule has 94 valence electrons. The lowest BCUT2D eigenvalue weighted by atomic mass is 9.79. The molecule has 2 N–H and O–H groups in total. The fourth-order valence-electron chi connectivity index (χ4n) is 1.94. The van der Waals surface area contributed by atoms with Gasteiger partial charge in [0, 0.05) is 0 Å². The van der Waals surface area contributed by atoms with Crippen molar-refractivity contribution in [3.8, 4) is 0 Å². The fraction of sp³-hybridized carbons (Fsp3) is 0.900. The Labute approximate surface area is 96.3 Å². The Morgan fingerprint density at radius 3 is 2.38 bits per heavy atom. The second-order valence-corrected chi connectivity index (χ2v) is 6.64. The third kappa shape index (κ3) is 3.45. The van der Waals surface area contributed by atoms with Gasteiger partial charge in [-0.25, -0.2) is 8.42 Å². The maximum absolute atomic E-state index is 11.4. The van der Waals surface area contributed by atoms with Gasteiger partial charge in [-0.15, -0.1) is 0 Å². The lowest BCUT2D eigenvalue weighted by Crippen LogP contribution is -2.41. The summed E-state index contributed by atoms with van der Waals surface area (Å²) < 4.78 is 27.5. The van der Waals surface area contributed by atoms with Gasteiger partial charge in [-0.3, -0.25) is 4.79 Å². The first-order valence-corrected chi connectivity index (χ1v) is 7.31. The lowest BCUT2D eigenvalue weighted by Gasteiger charge is -2.34. The van der Waals surface area contributed by atoms with E-state index in [2.05, 4.69) is 0 Å². The molecule has 6 heteroatoms. The molecule has 0 amide bonds. The molecule has 0 aliphatic carbocycles. The van der Waals surface area contributed by atoms with Crippen molar-refractivity contribution >= 4 is 15.8 Å². The van der Waals surface area contributed by atoms with Crippen LogP contribution in [0.4, 0.5) is 0 Å². The Morgan fingerprint density at radius 1 is 1.38 bits per heavy atom. The number of nitrogens with two attached hydrogens (primary N) is 1. The molecule has 1 rings (SSSR count). The highest BCUT2D eigenvalue weighted by Gasteiger charge is 2.38. The first-order valence-electron chi connectivity index (χ1n) is 5.49. The summed E-state index contributed by atoms with van der Waals surface area (Å²) in [7, 11) is -2.92. The van der Waals surface area contributed by atoms with Crippen molar-refractivity contribution in [2.24, 2.45) is 11.1 Å². The predicted octanol–water partition coefficient (Wildman–Crippen LogP) is 0.0933. The Hall–Kier alpha value is -0.620. The van der Waals surface area contributed by atoms with Crippen LogP contribution in [0, 0.1) is 5.41 Å². The third-order valence-corrected chi connectivity index (χ3v) is 4.80. The Morgan fingerprint density at radius 2 is 1.94 bits per heavy atom. The minimum Gasteiger partial charge on any atom is -0.466 e. The summed E-state index contributed by atoms with van der Waals surface area (Å²) in [5.41, 5.74) is 5.29. The molecular weight excluding hydrogens is 230 g/mol. The number of hydrogen-bond acceptors (Lipinski definition) is 5. The van der Waals surface area contributed by atoms with Gasteiger partial charge < -0.3 is 10.5 Å². The van der Waals surface area contributed by atoms with E-state index in [9.17, 15) is 13.2 Å². The predicted molar refractivity (Wildman–Crippen MR) is 60.6 cm³/mol. The largest absolute Gasteiger partial charge is 0.466 e. The summed E-state index contributed by atoms with van der Waals surface area (Å²) in [6.45, 7) is 2.43. The highest BCUT2D eigenvalue weighted by molar-refractivity contribution is 7.91. The zero-order valence-corrected chi connectivity index (χ0v) is 10.4. The van der Waals surface area contributed by atoms with Crippen LogP contribution in [-0.2, 0) is 19.4 Å². The van der Waals surface area contributed by atoms with E-state index in [1.807, 2.05) is 0 Å². The number of hydrogen-bond donors (Lipinski definition) is 1. The smallest absolute Gasteiger partial charge is 0.306 e. The van der Waals surface area contributed by atoms with Crippen LogP contribution in [0.25, 0.3) is 0 Å². The van der Waals surface area contributed by atoms with Crippen molar-refractivity contribution in [1.29, 1.82) is 0 Å². The standard InChI is InChI=1S/C10H19NO4S/c1-2-15-9(12)7-10(8-11)3-5-16(13,14)6-4-10/h2-8,11H2,1H3. The van der Waals surface area contributed by atoms with Gasteiger partial charge in [-0.05, 0) is 31.7 Å². The summed E-state index contributed by atoms with van der Waals surface area (Å²) in [6, 6.07) is 0. The molecule has 0 spiro atoms. The SMILES string of the molecule is CCOC(=O)CC1(CN)CCS(=O)(=O)CC1. The molecule has 0 aromatic rings. The highest BCUT2D eigenvalue weighted by Crippen LogP contribution is 2.35. The quantitative estimate of drug-likeness (QED) is 0.714. The summed E-state index contributed by atoms with van der Waals surface area (Å²) in [5.74, 6) is -0.0278. The molecule has 16 heavy (non-hydrogen) atoms. The van der Waals surface area contributed by atoms with E-state index in [0.29, 0.717) is 26.0 Å². The molecule has 0 unspecified atom stereocenters.